The van der Waals surface area contributed by atoms with Gasteiger partial charge in [-0.1, -0.05) is 29.3 Å². The predicted octanol–water partition coefficient (Wildman–Crippen LogP) is 5.53. The molecule has 2 aliphatic rings. The lowest BCUT2D eigenvalue weighted by molar-refractivity contribution is 0.174. The Labute approximate surface area is 165 Å². The minimum atomic E-state index is -0.771. The molecule has 0 radical (unpaired) electrons. The van der Waals surface area contributed by atoms with Gasteiger partial charge >= 0.3 is 0 Å². The average molecular weight is 398 g/mol. The van der Waals surface area contributed by atoms with E-state index in [9.17, 15) is 5.11 Å². The molecule has 4 nitrogen and oxygen atoms in total. The van der Waals surface area contributed by atoms with E-state index in [1.165, 1.54) is 0 Å². The number of ether oxygens (including phenoxy) is 2. The lowest BCUT2D eigenvalue weighted by Gasteiger charge is -2.08. The first-order valence-corrected chi connectivity index (χ1v) is 9.11. The lowest BCUT2D eigenvalue weighted by atomic mass is 10.0. The third-order valence-corrected chi connectivity index (χ3v) is 5.19. The van der Waals surface area contributed by atoms with E-state index in [-0.39, 0.29) is 6.79 Å². The summed E-state index contributed by atoms with van der Waals surface area (Å²) >= 11 is 12.4. The molecule has 0 spiro atoms. The van der Waals surface area contributed by atoms with Crippen LogP contribution in [0, 0.1) is 0 Å². The van der Waals surface area contributed by atoms with Gasteiger partial charge in [0.05, 0.1) is 5.69 Å². The van der Waals surface area contributed by atoms with Gasteiger partial charge in [0.2, 0.25) is 6.79 Å². The van der Waals surface area contributed by atoms with Crippen LogP contribution >= 0.6 is 23.2 Å². The molecule has 1 N–H and O–H groups in total. The number of benzene rings is 3. The fourth-order valence-corrected chi connectivity index (χ4v) is 3.92. The summed E-state index contributed by atoms with van der Waals surface area (Å²) < 4.78 is 10.7. The summed E-state index contributed by atoms with van der Waals surface area (Å²) in [6.07, 6.45) is 0.973. The Kier molecular flexibility index (Phi) is 3.86. The van der Waals surface area contributed by atoms with Crippen LogP contribution in [0.25, 0.3) is 11.1 Å². The summed E-state index contributed by atoms with van der Waals surface area (Å²) in [6.45, 7) is 0.231. The van der Waals surface area contributed by atoms with Crippen LogP contribution in [-0.4, -0.2) is 18.1 Å². The van der Waals surface area contributed by atoms with Crippen LogP contribution in [0.3, 0.4) is 0 Å². The van der Waals surface area contributed by atoms with E-state index in [4.69, 9.17) is 32.7 Å². The van der Waals surface area contributed by atoms with Crippen LogP contribution in [0.15, 0.2) is 53.5 Å². The average Bonchev–Trinajstić information content (AvgIpc) is 3.23. The molecule has 1 aliphatic carbocycles. The van der Waals surface area contributed by atoms with Gasteiger partial charge in [-0.15, -0.1) is 0 Å². The van der Waals surface area contributed by atoms with Crippen LogP contribution in [0.5, 0.6) is 11.5 Å². The van der Waals surface area contributed by atoms with Crippen molar-refractivity contribution in [3.8, 4) is 22.6 Å². The molecule has 0 amide bonds. The Bertz CT molecular complexity index is 1110. The van der Waals surface area contributed by atoms with E-state index in [0.717, 1.165) is 33.6 Å². The number of nitrogens with zero attached hydrogens (tertiary/aromatic N) is 1. The zero-order valence-electron chi connectivity index (χ0n) is 13.9. The first kappa shape index (κ1) is 16.6. The molecule has 0 fully saturated rings. The summed E-state index contributed by atoms with van der Waals surface area (Å²) in [5.74, 6) is 1.43. The molecule has 1 heterocycles. The van der Waals surface area contributed by atoms with Crippen LogP contribution in [0.1, 0.15) is 22.8 Å². The van der Waals surface area contributed by atoms with Crippen molar-refractivity contribution < 1.29 is 14.6 Å². The fourth-order valence-electron chi connectivity index (χ4n) is 3.52. The van der Waals surface area contributed by atoms with E-state index in [2.05, 4.69) is 4.99 Å². The number of aliphatic hydroxyl groups excluding tert-OH is 1. The van der Waals surface area contributed by atoms with Crippen molar-refractivity contribution in [2.45, 2.75) is 6.10 Å². The summed E-state index contributed by atoms with van der Waals surface area (Å²) in [6, 6.07) is 14.7. The van der Waals surface area contributed by atoms with E-state index >= 15 is 0 Å². The molecule has 3 aromatic rings. The quantitative estimate of drug-likeness (QED) is 0.577. The van der Waals surface area contributed by atoms with Gasteiger partial charge in [-0.25, -0.2) is 0 Å². The highest BCUT2D eigenvalue weighted by atomic mass is 35.5. The van der Waals surface area contributed by atoms with Crippen molar-refractivity contribution >= 4 is 35.1 Å². The molecular weight excluding hydrogens is 385 g/mol. The van der Waals surface area contributed by atoms with Gasteiger partial charge in [0.1, 0.15) is 6.10 Å². The van der Waals surface area contributed by atoms with Gasteiger partial charge in [0.15, 0.2) is 11.5 Å². The Morgan fingerprint density at radius 3 is 2.63 bits per heavy atom. The Morgan fingerprint density at radius 1 is 0.926 bits per heavy atom. The summed E-state index contributed by atoms with van der Waals surface area (Å²) in [5.41, 5.74) is 4.85. The molecule has 0 saturated heterocycles. The Morgan fingerprint density at radius 2 is 1.74 bits per heavy atom. The zero-order chi connectivity index (χ0) is 18.5. The molecule has 5 rings (SSSR count). The van der Waals surface area contributed by atoms with Gasteiger partial charge in [-0.3, -0.25) is 4.99 Å². The molecule has 1 atom stereocenters. The number of hydrogen-bond acceptors (Lipinski definition) is 4. The fraction of sp³-hybridized carbons (Fsp3) is 0.0952. The molecule has 134 valence electrons. The molecule has 0 unspecified atom stereocenters. The SMILES string of the molecule is O[C@H]1c2cc(Cl)ccc2-c2c(N=Cc3ccc4c(c3)OCO4)cc(Cl)cc21. The topological polar surface area (TPSA) is 51.1 Å². The first-order chi connectivity index (χ1) is 13.1. The van der Waals surface area contributed by atoms with E-state index in [0.29, 0.717) is 21.5 Å². The van der Waals surface area contributed by atoms with Crippen molar-refractivity contribution in [2.75, 3.05) is 6.79 Å². The summed E-state index contributed by atoms with van der Waals surface area (Å²) in [4.78, 5) is 4.64. The van der Waals surface area contributed by atoms with Crippen molar-refractivity contribution in [3.05, 3.63) is 75.3 Å². The number of rotatable bonds is 2. The van der Waals surface area contributed by atoms with E-state index in [1.54, 1.807) is 24.4 Å². The molecule has 1 aliphatic heterocycles. The minimum Gasteiger partial charge on any atom is -0.454 e. The number of fused-ring (bicyclic) bond motifs is 4. The van der Waals surface area contributed by atoms with Gasteiger partial charge in [-0.2, -0.15) is 0 Å². The largest absolute Gasteiger partial charge is 0.454 e. The van der Waals surface area contributed by atoms with Crippen molar-refractivity contribution in [2.24, 2.45) is 4.99 Å². The normalized spacial score (nSPS) is 16.6. The maximum Gasteiger partial charge on any atom is 0.231 e. The molecular formula is C21H13Cl2NO3. The Balaban J connectivity index is 1.60. The Hall–Kier alpha value is -2.53. The summed E-state index contributed by atoms with van der Waals surface area (Å²) in [5, 5.41) is 11.8. The maximum atomic E-state index is 10.7. The van der Waals surface area contributed by atoms with Gasteiger partial charge in [0, 0.05) is 21.8 Å². The molecule has 0 saturated carbocycles. The molecule has 6 heteroatoms. The van der Waals surface area contributed by atoms with Crippen molar-refractivity contribution in [3.63, 3.8) is 0 Å². The minimum absolute atomic E-state index is 0.231. The number of aliphatic hydroxyl groups is 1. The van der Waals surface area contributed by atoms with E-state index in [1.807, 2.05) is 30.3 Å². The lowest BCUT2D eigenvalue weighted by Crippen LogP contribution is -1.93. The van der Waals surface area contributed by atoms with Crippen molar-refractivity contribution in [1.29, 1.82) is 0 Å². The maximum absolute atomic E-state index is 10.7. The third-order valence-electron chi connectivity index (χ3n) is 4.73. The highest BCUT2D eigenvalue weighted by molar-refractivity contribution is 6.31. The highest BCUT2D eigenvalue weighted by Crippen LogP contribution is 2.49. The number of halogens is 2. The van der Waals surface area contributed by atoms with Crippen molar-refractivity contribution in [1.82, 2.24) is 0 Å². The predicted molar refractivity (Wildman–Crippen MR) is 106 cm³/mol. The highest BCUT2D eigenvalue weighted by Gasteiger charge is 2.30. The second-order valence-electron chi connectivity index (χ2n) is 6.39. The van der Waals surface area contributed by atoms with Gasteiger partial charge in [-0.05, 0) is 64.7 Å². The molecule has 3 aromatic carbocycles. The monoisotopic (exact) mass is 397 g/mol. The summed E-state index contributed by atoms with van der Waals surface area (Å²) in [7, 11) is 0. The number of aliphatic imine (C=N–C) groups is 1. The van der Waals surface area contributed by atoms with Crippen LogP contribution in [0.4, 0.5) is 5.69 Å². The second kappa shape index (κ2) is 6.27. The molecule has 27 heavy (non-hydrogen) atoms. The van der Waals surface area contributed by atoms with Crippen LogP contribution < -0.4 is 9.47 Å². The zero-order valence-corrected chi connectivity index (χ0v) is 15.5. The van der Waals surface area contributed by atoms with E-state index < -0.39 is 6.10 Å². The van der Waals surface area contributed by atoms with Crippen LogP contribution in [-0.2, 0) is 0 Å². The number of hydrogen-bond donors (Lipinski definition) is 1. The van der Waals surface area contributed by atoms with Gasteiger partial charge < -0.3 is 14.6 Å². The third kappa shape index (κ3) is 2.77. The second-order valence-corrected chi connectivity index (χ2v) is 7.27. The molecule has 0 aromatic heterocycles. The smallest absolute Gasteiger partial charge is 0.231 e. The standard InChI is InChI=1S/C21H13Cl2NO3/c22-12-2-3-14-15(6-12)21(25)16-7-13(23)8-17(20(14)16)24-9-11-1-4-18-19(5-11)27-10-26-18/h1-9,21,25H,10H2/t21-/m0/s1. The first-order valence-electron chi connectivity index (χ1n) is 8.35. The molecule has 0 bridgehead atoms. The van der Waals surface area contributed by atoms with Crippen LogP contribution in [0.2, 0.25) is 10.0 Å². The van der Waals surface area contributed by atoms with Gasteiger partial charge in [0.25, 0.3) is 0 Å².